The Labute approximate surface area is 219 Å². The average Bonchev–Trinajstić information content (AvgIpc) is 3.21. The molecule has 2 unspecified atom stereocenters. The molecule has 1 aliphatic rings. The van der Waals surface area contributed by atoms with Crippen LogP contribution in [0.2, 0.25) is 0 Å². The molecule has 2 aromatic rings. The lowest BCUT2D eigenvalue weighted by molar-refractivity contribution is -0.122. The number of para-hydroxylation sites is 1. The lowest BCUT2D eigenvalue weighted by Crippen LogP contribution is -2.34. The second kappa shape index (κ2) is 16.3. The Morgan fingerprint density at radius 3 is 1.94 bits per heavy atom. The fourth-order valence-electron chi connectivity index (χ4n) is 5.18. The van der Waals surface area contributed by atoms with E-state index in [-0.39, 0.29) is 17.9 Å². The number of nitrogens with one attached hydrogen (secondary N) is 1. The molecule has 36 heavy (non-hydrogen) atoms. The van der Waals surface area contributed by atoms with Gasteiger partial charge in [0.1, 0.15) is 5.75 Å². The zero-order valence-corrected chi connectivity index (χ0v) is 22.7. The van der Waals surface area contributed by atoms with E-state index >= 15 is 0 Å². The van der Waals surface area contributed by atoms with E-state index in [1.807, 2.05) is 54.4 Å². The number of ether oxygens (including phenoxy) is 1. The Balaban J connectivity index is 1.30. The van der Waals surface area contributed by atoms with Gasteiger partial charge in [-0.25, -0.2) is 0 Å². The summed E-state index contributed by atoms with van der Waals surface area (Å²) in [7, 11) is 0. The number of amides is 1. The second-order valence-electron chi connectivity index (χ2n) is 10.4. The Hall–Kier alpha value is -2.49. The average molecular weight is 493 g/mol. The van der Waals surface area contributed by atoms with Crippen molar-refractivity contribution in [3.63, 3.8) is 0 Å². The summed E-state index contributed by atoms with van der Waals surface area (Å²) in [4.78, 5) is 12.5. The monoisotopic (exact) mass is 492 g/mol. The number of benzene rings is 2. The fourth-order valence-corrected chi connectivity index (χ4v) is 5.18. The molecule has 2 aromatic carbocycles. The van der Waals surface area contributed by atoms with E-state index < -0.39 is 0 Å². The van der Waals surface area contributed by atoms with Crippen molar-refractivity contribution in [1.82, 2.24) is 5.43 Å². The van der Waals surface area contributed by atoms with Crippen molar-refractivity contribution in [1.29, 1.82) is 0 Å². The van der Waals surface area contributed by atoms with Crippen LogP contribution in [0.1, 0.15) is 115 Å². The highest BCUT2D eigenvalue weighted by molar-refractivity contribution is 5.85. The van der Waals surface area contributed by atoms with E-state index in [0.29, 0.717) is 0 Å². The van der Waals surface area contributed by atoms with Crippen molar-refractivity contribution in [2.24, 2.45) is 5.92 Å². The van der Waals surface area contributed by atoms with Crippen LogP contribution in [0.3, 0.4) is 0 Å². The van der Waals surface area contributed by atoms with Gasteiger partial charge in [-0.1, -0.05) is 128 Å². The SMILES string of the molecule is CCCCCCCCCCCCCCCCOc1cccc(C2C(C)C(=O)NN2c2ccccc2)c1. The normalized spacial score (nSPS) is 17.4. The molecule has 1 N–H and O–H groups in total. The minimum absolute atomic E-state index is 0.0514. The van der Waals surface area contributed by atoms with Crippen LogP contribution in [0.4, 0.5) is 5.69 Å². The Morgan fingerprint density at radius 2 is 1.33 bits per heavy atom. The standard InChI is InChI=1S/C32H48N2O2/c1-3-4-5-6-7-8-9-10-11-12-13-14-15-19-25-36-30-24-20-21-28(26-30)31-27(2)32(35)33-34(31)29-22-17-16-18-23-29/h16-18,20-24,26-27,31H,3-15,19,25H2,1-2H3,(H,33,35). The predicted molar refractivity (Wildman–Crippen MR) is 151 cm³/mol. The van der Waals surface area contributed by atoms with Crippen LogP contribution in [-0.4, -0.2) is 12.5 Å². The van der Waals surface area contributed by atoms with Crippen molar-refractivity contribution in [2.45, 2.75) is 110 Å². The maximum atomic E-state index is 12.5. The molecule has 1 fully saturated rings. The van der Waals surface area contributed by atoms with Gasteiger partial charge in [-0.05, 0) is 36.2 Å². The molecule has 0 spiro atoms. The van der Waals surface area contributed by atoms with Gasteiger partial charge in [0.2, 0.25) is 5.91 Å². The summed E-state index contributed by atoms with van der Waals surface area (Å²) < 4.78 is 6.09. The van der Waals surface area contributed by atoms with Crippen LogP contribution in [0.25, 0.3) is 0 Å². The predicted octanol–water partition coefficient (Wildman–Crippen LogP) is 8.78. The molecular weight excluding hydrogens is 444 g/mol. The largest absolute Gasteiger partial charge is 0.494 e. The van der Waals surface area contributed by atoms with Gasteiger partial charge in [-0.15, -0.1) is 0 Å². The number of unbranched alkanes of at least 4 members (excludes halogenated alkanes) is 13. The van der Waals surface area contributed by atoms with Crippen molar-refractivity contribution in [2.75, 3.05) is 11.6 Å². The van der Waals surface area contributed by atoms with Crippen LogP contribution >= 0.6 is 0 Å². The van der Waals surface area contributed by atoms with Crippen LogP contribution < -0.4 is 15.2 Å². The highest BCUT2D eigenvalue weighted by Crippen LogP contribution is 2.37. The molecule has 1 heterocycles. The molecule has 1 amide bonds. The first-order chi connectivity index (χ1) is 17.7. The number of anilines is 1. The van der Waals surface area contributed by atoms with E-state index in [1.165, 1.54) is 83.5 Å². The second-order valence-corrected chi connectivity index (χ2v) is 10.4. The zero-order valence-electron chi connectivity index (χ0n) is 22.7. The quantitative estimate of drug-likeness (QED) is 0.211. The molecule has 0 radical (unpaired) electrons. The van der Waals surface area contributed by atoms with Gasteiger partial charge >= 0.3 is 0 Å². The molecular formula is C32H48N2O2. The van der Waals surface area contributed by atoms with Crippen molar-refractivity contribution in [3.8, 4) is 5.75 Å². The first-order valence-corrected chi connectivity index (χ1v) is 14.6. The van der Waals surface area contributed by atoms with Gasteiger partial charge < -0.3 is 4.74 Å². The Kier molecular flexibility index (Phi) is 12.7. The molecule has 0 saturated carbocycles. The van der Waals surface area contributed by atoms with E-state index in [2.05, 4.69) is 24.5 Å². The Bertz CT molecular complexity index is 869. The number of carbonyl (C=O) groups is 1. The van der Waals surface area contributed by atoms with E-state index in [9.17, 15) is 4.79 Å². The fraction of sp³-hybridized carbons (Fsp3) is 0.594. The zero-order chi connectivity index (χ0) is 25.4. The first-order valence-electron chi connectivity index (χ1n) is 14.6. The van der Waals surface area contributed by atoms with Crippen LogP contribution in [-0.2, 0) is 4.79 Å². The highest BCUT2D eigenvalue weighted by atomic mass is 16.5. The van der Waals surface area contributed by atoms with Crippen molar-refractivity contribution in [3.05, 3.63) is 60.2 Å². The molecule has 198 valence electrons. The van der Waals surface area contributed by atoms with E-state index in [0.717, 1.165) is 30.0 Å². The summed E-state index contributed by atoms with van der Waals surface area (Å²) in [5.41, 5.74) is 5.14. The van der Waals surface area contributed by atoms with Gasteiger partial charge in [0.15, 0.2) is 0 Å². The molecule has 3 rings (SSSR count). The van der Waals surface area contributed by atoms with Crippen molar-refractivity contribution >= 4 is 11.6 Å². The third-order valence-electron chi connectivity index (χ3n) is 7.40. The number of nitrogens with zero attached hydrogens (tertiary/aromatic N) is 1. The highest BCUT2D eigenvalue weighted by Gasteiger charge is 2.39. The lowest BCUT2D eigenvalue weighted by Gasteiger charge is -2.27. The number of hydrazine groups is 1. The minimum Gasteiger partial charge on any atom is -0.494 e. The topological polar surface area (TPSA) is 41.6 Å². The molecule has 2 atom stereocenters. The summed E-state index contributed by atoms with van der Waals surface area (Å²) in [5.74, 6) is 0.811. The summed E-state index contributed by atoms with van der Waals surface area (Å²) in [5, 5.41) is 1.99. The van der Waals surface area contributed by atoms with E-state index in [1.54, 1.807) is 0 Å². The molecule has 1 aliphatic heterocycles. The van der Waals surface area contributed by atoms with Crippen LogP contribution in [0, 0.1) is 5.92 Å². The molecule has 4 nitrogen and oxygen atoms in total. The Morgan fingerprint density at radius 1 is 0.750 bits per heavy atom. The van der Waals surface area contributed by atoms with Crippen LogP contribution in [0.5, 0.6) is 5.75 Å². The van der Waals surface area contributed by atoms with E-state index in [4.69, 9.17) is 4.74 Å². The van der Waals surface area contributed by atoms with Gasteiger partial charge in [-0.2, -0.15) is 0 Å². The maximum absolute atomic E-state index is 12.5. The molecule has 0 aromatic heterocycles. The number of hydrogen-bond acceptors (Lipinski definition) is 3. The lowest BCUT2D eigenvalue weighted by atomic mass is 9.95. The first kappa shape index (κ1) is 28.1. The molecule has 1 saturated heterocycles. The molecule has 0 aliphatic carbocycles. The van der Waals surface area contributed by atoms with Crippen LogP contribution in [0.15, 0.2) is 54.6 Å². The maximum Gasteiger partial charge on any atom is 0.243 e. The smallest absolute Gasteiger partial charge is 0.243 e. The minimum atomic E-state index is -0.133. The summed E-state index contributed by atoms with van der Waals surface area (Å²) >= 11 is 0. The van der Waals surface area contributed by atoms with Gasteiger partial charge in [0.25, 0.3) is 0 Å². The summed E-state index contributed by atoms with van der Waals surface area (Å²) in [6, 6.07) is 18.2. The third-order valence-corrected chi connectivity index (χ3v) is 7.40. The number of hydrogen-bond donors (Lipinski definition) is 1. The number of carbonyl (C=O) groups excluding carboxylic acids is 1. The molecule has 4 heteroatoms. The van der Waals surface area contributed by atoms with Crippen molar-refractivity contribution < 1.29 is 9.53 Å². The summed E-state index contributed by atoms with van der Waals surface area (Å²) in [6.07, 6.45) is 19.1. The van der Waals surface area contributed by atoms with Gasteiger partial charge in [0.05, 0.1) is 24.3 Å². The summed E-state index contributed by atoms with van der Waals surface area (Å²) in [6.45, 7) is 5.03. The van der Waals surface area contributed by atoms with Gasteiger partial charge in [0, 0.05) is 0 Å². The van der Waals surface area contributed by atoms with Gasteiger partial charge in [-0.3, -0.25) is 15.2 Å². The third kappa shape index (κ3) is 9.19. The number of rotatable bonds is 18. The molecule has 0 bridgehead atoms.